The molecule has 1 aliphatic heterocycles. The van der Waals surface area contributed by atoms with E-state index in [0.717, 1.165) is 23.2 Å². The van der Waals surface area contributed by atoms with Gasteiger partial charge in [0.1, 0.15) is 5.82 Å². The van der Waals surface area contributed by atoms with E-state index in [4.69, 9.17) is 0 Å². The van der Waals surface area contributed by atoms with E-state index in [1.165, 1.54) is 17.7 Å². The molecule has 116 valence electrons. The molecule has 0 fully saturated rings. The second-order valence-electron chi connectivity index (χ2n) is 6.35. The first kappa shape index (κ1) is 14.2. The molecule has 0 aromatic heterocycles. The van der Waals surface area contributed by atoms with Gasteiger partial charge in [-0.2, -0.15) is 0 Å². The molecule has 1 N–H and O–H groups in total. The van der Waals surface area contributed by atoms with E-state index in [1.807, 2.05) is 24.3 Å². The molecular weight excluding hydrogens is 289 g/mol. The van der Waals surface area contributed by atoms with Crippen LogP contribution in [0.25, 0.3) is 0 Å². The van der Waals surface area contributed by atoms with Crippen molar-refractivity contribution in [3.63, 3.8) is 0 Å². The third kappa shape index (κ3) is 2.27. The fourth-order valence-electron chi connectivity index (χ4n) is 3.91. The number of allylic oxidation sites excluding steroid dienone is 2. The number of nitrogens with one attached hydrogen (secondary N) is 1. The van der Waals surface area contributed by atoms with Gasteiger partial charge in [-0.15, -0.1) is 0 Å². The first-order chi connectivity index (χ1) is 11.1. The fraction of sp³-hybridized carbons (Fsp3) is 0.250. The Morgan fingerprint density at radius 1 is 1.17 bits per heavy atom. The van der Waals surface area contributed by atoms with E-state index in [0.29, 0.717) is 11.8 Å². The number of rotatable bonds is 2. The second kappa shape index (κ2) is 5.34. The van der Waals surface area contributed by atoms with Gasteiger partial charge in [-0.1, -0.05) is 36.4 Å². The molecule has 0 saturated carbocycles. The smallest absolute Gasteiger partial charge is 0.161 e. The highest BCUT2D eigenvalue weighted by molar-refractivity contribution is 6.00. The third-order valence-corrected chi connectivity index (χ3v) is 5.01. The normalized spacial score (nSPS) is 24.7. The highest BCUT2D eigenvalue weighted by atomic mass is 19.1. The van der Waals surface area contributed by atoms with Crippen molar-refractivity contribution in [2.45, 2.75) is 25.3 Å². The van der Waals surface area contributed by atoms with Crippen LogP contribution in [0.4, 0.5) is 10.1 Å². The highest BCUT2D eigenvalue weighted by Gasteiger charge is 2.38. The zero-order chi connectivity index (χ0) is 16.0. The summed E-state index contributed by atoms with van der Waals surface area (Å²) in [5, 5.41) is 3.57. The van der Waals surface area contributed by atoms with Crippen molar-refractivity contribution in [2.75, 3.05) is 5.32 Å². The molecule has 3 atom stereocenters. The van der Waals surface area contributed by atoms with Crippen LogP contribution in [0.2, 0.25) is 0 Å². The maximum absolute atomic E-state index is 13.3. The summed E-state index contributed by atoms with van der Waals surface area (Å²) in [6, 6.07) is 12.7. The maximum atomic E-state index is 13.3. The Labute approximate surface area is 135 Å². The van der Waals surface area contributed by atoms with Crippen molar-refractivity contribution < 1.29 is 9.18 Å². The lowest BCUT2D eigenvalue weighted by atomic mass is 9.76. The number of hydrogen-bond donors (Lipinski definition) is 1. The molecule has 4 rings (SSSR count). The first-order valence-electron chi connectivity index (χ1n) is 7.97. The first-order valence-corrected chi connectivity index (χ1v) is 7.97. The maximum Gasteiger partial charge on any atom is 0.161 e. The standard InChI is InChI=1S/C20H18FNO/c1-12(23)15-4-2-7-18-16-5-3-6-17(16)19(22-20(15)18)13-8-10-14(21)11-9-13/h2-5,7-11,16-17,19,22H,6H2,1H3. The Hall–Kier alpha value is -2.42. The molecule has 0 amide bonds. The van der Waals surface area contributed by atoms with Crippen LogP contribution in [0.1, 0.15) is 46.8 Å². The van der Waals surface area contributed by atoms with Gasteiger partial charge < -0.3 is 5.32 Å². The van der Waals surface area contributed by atoms with E-state index >= 15 is 0 Å². The molecule has 1 aliphatic carbocycles. The van der Waals surface area contributed by atoms with Gasteiger partial charge >= 0.3 is 0 Å². The number of Topliss-reactive ketones (excluding diaryl/α,β-unsaturated/α-hetero) is 1. The van der Waals surface area contributed by atoms with Crippen LogP contribution in [0.5, 0.6) is 0 Å². The van der Waals surface area contributed by atoms with Gasteiger partial charge in [0, 0.05) is 17.2 Å². The Kier molecular flexibility index (Phi) is 3.29. The molecule has 23 heavy (non-hydrogen) atoms. The number of carbonyl (C=O) groups excluding carboxylic acids is 1. The van der Waals surface area contributed by atoms with E-state index < -0.39 is 0 Å². The second-order valence-corrected chi connectivity index (χ2v) is 6.35. The molecule has 1 heterocycles. The number of fused-ring (bicyclic) bond motifs is 3. The van der Waals surface area contributed by atoms with Crippen molar-refractivity contribution in [1.29, 1.82) is 0 Å². The lowest BCUT2D eigenvalue weighted by Crippen LogP contribution is -2.30. The van der Waals surface area contributed by atoms with Crippen LogP contribution < -0.4 is 5.32 Å². The summed E-state index contributed by atoms with van der Waals surface area (Å²) >= 11 is 0. The number of anilines is 1. The number of carbonyl (C=O) groups is 1. The molecule has 3 heteroatoms. The zero-order valence-corrected chi connectivity index (χ0v) is 12.9. The van der Waals surface area contributed by atoms with Crippen molar-refractivity contribution >= 4 is 11.5 Å². The summed E-state index contributed by atoms with van der Waals surface area (Å²) in [4.78, 5) is 12.0. The van der Waals surface area contributed by atoms with Crippen molar-refractivity contribution in [3.8, 4) is 0 Å². The topological polar surface area (TPSA) is 29.1 Å². The van der Waals surface area contributed by atoms with E-state index in [1.54, 1.807) is 6.92 Å². The molecule has 0 bridgehead atoms. The van der Waals surface area contributed by atoms with Gasteiger partial charge in [-0.25, -0.2) is 4.39 Å². The molecule has 0 saturated heterocycles. The van der Waals surface area contributed by atoms with Gasteiger partial charge in [0.05, 0.1) is 6.04 Å². The van der Waals surface area contributed by atoms with Crippen LogP contribution in [0.15, 0.2) is 54.6 Å². The van der Waals surface area contributed by atoms with Crippen LogP contribution in [-0.4, -0.2) is 5.78 Å². The van der Waals surface area contributed by atoms with Crippen LogP contribution in [-0.2, 0) is 0 Å². The van der Waals surface area contributed by atoms with E-state index in [9.17, 15) is 9.18 Å². The summed E-state index contributed by atoms with van der Waals surface area (Å²) in [6.07, 6.45) is 5.44. The van der Waals surface area contributed by atoms with Crippen LogP contribution in [0.3, 0.4) is 0 Å². The SMILES string of the molecule is CC(=O)c1cccc2c1NC(c1ccc(F)cc1)C1CC=CC21. The number of halogens is 1. The quantitative estimate of drug-likeness (QED) is 0.634. The largest absolute Gasteiger partial charge is 0.377 e. The number of hydrogen-bond acceptors (Lipinski definition) is 2. The Bertz CT molecular complexity index is 794. The Morgan fingerprint density at radius 3 is 2.70 bits per heavy atom. The lowest BCUT2D eigenvalue weighted by Gasteiger charge is -2.38. The lowest BCUT2D eigenvalue weighted by molar-refractivity contribution is 0.101. The van der Waals surface area contributed by atoms with Gasteiger partial charge in [-0.05, 0) is 48.6 Å². The molecule has 2 aromatic carbocycles. The average molecular weight is 307 g/mol. The van der Waals surface area contributed by atoms with Gasteiger partial charge in [0.2, 0.25) is 0 Å². The Morgan fingerprint density at radius 2 is 1.96 bits per heavy atom. The minimum Gasteiger partial charge on any atom is -0.377 e. The minimum absolute atomic E-state index is 0.0626. The molecule has 2 nitrogen and oxygen atoms in total. The average Bonchev–Trinajstić information content (AvgIpc) is 3.04. The van der Waals surface area contributed by atoms with Crippen LogP contribution >= 0.6 is 0 Å². The summed E-state index contributed by atoms with van der Waals surface area (Å²) in [5.74, 6) is 0.541. The Balaban J connectivity index is 1.83. The number of ketones is 1. The fourth-order valence-corrected chi connectivity index (χ4v) is 3.91. The third-order valence-electron chi connectivity index (χ3n) is 5.01. The number of benzene rings is 2. The summed E-state index contributed by atoms with van der Waals surface area (Å²) in [7, 11) is 0. The van der Waals surface area contributed by atoms with Gasteiger partial charge in [-0.3, -0.25) is 4.79 Å². The van der Waals surface area contributed by atoms with Crippen molar-refractivity contribution in [3.05, 3.63) is 77.1 Å². The van der Waals surface area contributed by atoms with Crippen molar-refractivity contribution in [2.24, 2.45) is 5.92 Å². The summed E-state index contributed by atoms with van der Waals surface area (Å²) < 4.78 is 13.3. The molecular formula is C20H18FNO. The summed E-state index contributed by atoms with van der Waals surface area (Å²) in [6.45, 7) is 1.60. The van der Waals surface area contributed by atoms with Crippen LogP contribution in [0, 0.1) is 11.7 Å². The predicted octanol–water partition coefficient (Wildman–Crippen LogP) is 4.85. The van der Waals surface area contributed by atoms with E-state index in [2.05, 4.69) is 23.5 Å². The van der Waals surface area contributed by atoms with Gasteiger partial charge in [0.15, 0.2) is 5.78 Å². The predicted molar refractivity (Wildman–Crippen MR) is 89.2 cm³/mol. The minimum atomic E-state index is -0.226. The molecule has 2 aliphatic rings. The van der Waals surface area contributed by atoms with Gasteiger partial charge in [0.25, 0.3) is 0 Å². The van der Waals surface area contributed by atoms with E-state index in [-0.39, 0.29) is 17.6 Å². The molecule has 2 aromatic rings. The number of para-hydroxylation sites is 1. The molecule has 0 spiro atoms. The summed E-state index contributed by atoms with van der Waals surface area (Å²) in [5.41, 5.74) is 3.92. The monoisotopic (exact) mass is 307 g/mol. The highest BCUT2D eigenvalue weighted by Crippen LogP contribution is 2.50. The zero-order valence-electron chi connectivity index (χ0n) is 12.9. The van der Waals surface area contributed by atoms with Crippen molar-refractivity contribution in [1.82, 2.24) is 0 Å². The molecule has 0 radical (unpaired) electrons. The molecule has 3 unspecified atom stereocenters.